The highest BCUT2D eigenvalue weighted by Gasteiger charge is 2.18. The fourth-order valence-electron chi connectivity index (χ4n) is 2.24. The molecule has 0 saturated heterocycles. The molecule has 2 rings (SSSR count). The molecule has 1 unspecified atom stereocenters. The Morgan fingerprint density at radius 1 is 1.10 bits per heavy atom. The summed E-state index contributed by atoms with van der Waals surface area (Å²) in [4.78, 5) is 10.7. The summed E-state index contributed by atoms with van der Waals surface area (Å²) >= 11 is 0. The summed E-state index contributed by atoms with van der Waals surface area (Å²) in [5.41, 5.74) is 4.22. The van der Waals surface area contributed by atoms with Crippen LogP contribution in [0.3, 0.4) is 0 Å². The van der Waals surface area contributed by atoms with Crippen LogP contribution in [0.5, 0.6) is 0 Å². The van der Waals surface area contributed by atoms with Gasteiger partial charge in [-0.3, -0.25) is 10.1 Å². The van der Waals surface area contributed by atoms with Gasteiger partial charge in [0.2, 0.25) is 0 Å². The van der Waals surface area contributed by atoms with E-state index in [1.54, 1.807) is 12.1 Å². The van der Waals surface area contributed by atoms with Crippen LogP contribution >= 0.6 is 0 Å². The monoisotopic (exact) mass is 270 g/mol. The Morgan fingerprint density at radius 3 is 2.50 bits per heavy atom. The Hall–Kier alpha value is -2.36. The molecule has 0 aliphatic heterocycles. The van der Waals surface area contributed by atoms with Crippen molar-refractivity contribution in [2.45, 2.75) is 26.8 Å². The van der Waals surface area contributed by atoms with Gasteiger partial charge in [0.1, 0.15) is 0 Å². The summed E-state index contributed by atoms with van der Waals surface area (Å²) in [6.45, 7) is 6.03. The number of nitro benzene ring substituents is 1. The van der Waals surface area contributed by atoms with E-state index in [-0.39, 0.29) is 16.7 Å². The van der Waals surface area contributed by atoms with Crippen molar-refractivity contribution in [3.63, 3.8) is 0 Å². The van der Waals surface area contributed by atoms with Crippen molar-refractivity contribution in [3.8, 4) is 0 Å². The highest BCUT2D eigenvalue weighted by atomic mass is 16.6. The number of hydrogen-bond acceptors (Lipinski definition) is 3. The standard InChI is InChI=1S/C16H18N2O2/c1-11-7-6-9-15(12(11)2)17-13(3)14-8-4-5-10-16(14)18(19)20/h4-10,13,17H,1-3H3. The number of para-hydroxylation sites is 1. The van der Waals surface area contributed by atoms with E-state index in [9.17, 15) is 10.1 Å². The van der Waals surface area contributed by atoms with Crippen molar-refractivity contribution in [2.24, 2.45) is 0 Å². The van der Waals surface area contributed by atoms with Gasteiger partial charge in [-0.05, 0) is 38.0 Å². The fourth-order valence-corrected chi connectivity index (χ4v) is 2.24. The summed E-state index contributed by atoms with van der Waals surface area (Å²) in [5, 5.41) is 14.4. The van der Waals surface area contributed by atoms with E-state index in [1.165, 1.54) is 11.6 Å². The second kappa shape index (κ2) is 5.74. The third-order valence-electron chi connectivity index (χ3n) is 3.58. The van der Waals surface area contributed by atoms with E-state index >= 15 is 0 Å². The minimum absolute atomic E-state index is 0.128. The zero-order valence-electron chi connectivity index (χ0n) is 11.9. The average Bonchev–Trinajstić information content (AvgIpc) is 2.43. The number of aryl methyl sites for hydroxylation is 1. The molecule has 2 aromatic rings. The number of nitro groups is 1. The molecule has 0 saturated carbocycles. The van der Waals surface area contributed by atoms with Gasteiger partial charge in [0, 0.05) is 11.8 Å². The zero-order valence-corrected chi connectivity index (χ0v) is 11.9. The van der Waals surface area contributed by atoms with Crippen LogP contribution in [-0.4, -0.2) is 4.92 Å². The van der Waals surface area contributed by atoms with Gasteiger partial charge in [-0.1, -0.05) is 30.3 Å². The van der Waals surface area contributed by atoms with Crippen molar-refractivity contribution in [1.29, 1.82) is 0 Å². The van der Waals surface area contributed by atoms with Crippen molar-refractivity contribution in [2.75, 3.05) is 5.32 Å². The third kappa shape index (κ3) is 2.79. The summed E-state index contributed by atoms with van der Waals surface area (Å²) in [5.74, 6) is 0. The van der Waals surface area contributed by atoms with E-state index in [4.69, 9.17) is 0 Å². The molecular weight excluding hydrogens is 252 g/mol. The van der Waals surface area contributed by atoms with Crippen LogP contribution in [0.25, 0.3) is 0 Å². The van der Waals surface area contributed by atoms with Gasteiger partial charge in [-0.25, -0.2) is 0 Å². The number of nitrogens with zero attached hydrogens (tertiary/aromatic N) is 1. The highest BCUT2D eigenvalue weighted by molar-refractivity contribution is 5.56. The maximum absolute atomic E-state index is 11.1. The molecule has 0 heterocycles. The van der Waals surface area contributed by atoms with Gasteiger partial charge >= 0.3 is 0 Å². The Morgan fingerprint density at radius 2 is 1.80 bits per heavy atom. The summed E-state index contributed by atoms with van der Waals surface area (Å²) in [7, 11) is 0. The molecule has 4 heteroatoms. The highest BCUT2D eigenvalue weighted by Crippen LogP contribution is 2.29. The van der Waals surface area contributed by atoms with Crippen LogP contribution in [0.2, 0.25) is 0 Å². The molecule has 0 fully saturated rings. The van der Waals surface area contributed by atoms with Crippen LogP contribution in [-0.2, 0) is 0 Å². The van der Waals surface area contributed by atoms with Crippen LogP contribution in [0.15, 0.2) is 42.5 Å². The number of hydrogen-bond donors (Lipinski definition) is 1. The predicted molar refractivity (Wildman–Crippen MR) is 81.1 cm³/mol. The Bertz CT molecular complexity index is 638. The SMILES string of the molecule is Cc1cccc(NC(C)c2ccccc2[N+](=O)[O-])c1C. The second-order valence-electron chi connectivity index (χ2n) is 4.93. The lowest BCUT2D eigenvalue weighted by Crippen LogP contribution is -2.10. The zero-order chi connectivity index (χ0) is 14.7. The molecule has 0 aliphatic rings. The topological polar surface area (TPSA) is 55.2 Å². The first kappa shape index (κ1) is 14.1. The van der Waals surface area contributed by atoms with Crippen LogP contribution in [0.1, 0.15) is 29.7 Å². The molecule has 20 heavy (non-hydrogen) atoms. The van der Waals surface area contributed by atoms with Crippen molar-refractivity contribution < 1.29 is 4.92 Å². The smallest absolute Gasteiger partial charge is 0.274 e. The number of nitrogens with one attached hydrogen (secondary N) is 1. The number of rotatable bonds is 4. The molecule has 0 radical (unpaired) electrons. The summed E-state index contributed by atoms with van der Waals surface area (Å²) < 4.78 is 0. The van der Waals surface area contributed by atoms with Crippen molar-refractivity contribution in [1.82, 2.24) is 0 Å². The summed E-state index contributed by atoms with van der Waals surface area (Å²) in [6, 6.07) is 12.7. The van der Waals surface area contributed by atoms with Crippen molar-refractivity contribution in [3.05, 3.63) is 69.3 Å². The maximum Gasteiger partial charge on any atom is 0.274 e. The van der Waals surface area contributed by atoms with Gasteiger partial charge in [-0.15, -0.1) is 0 Å². The van der Waals surface area contributed by atoms with Crippen molar-refractivity contribution >= 4 is 11.4 Å². The normalized spacial score (nSPS) is 11.9. The Kier molecular flexibility index (Phi) is 4.03. The molecular formula is C16H18N2O2. The Balaban J connectivity index is 2.31. The molecule has 4 nitrogen and oxygen atoms in total. The van der Waals surface area contributed by atoms with Gasteiger partial charge < -0.3 is 5.32 Å². The second-order valence-corrected chi connectivity index (χ2v) is 4.93. The molecule has 2 aromatic carbocycles. The molecule has 0 amide bonds. The van der Waals surface area contributed by atoms with Gasteiger partial charge in [0.15, 0.2) is 0 Å². The predicted octanol–water partition coefficient (Wildman–Crippen LogP) is 4.38. The molecule has 0 aliphatic carbocycles. The first-order valence-corrected chi connectivity index (χ1v) is 6.56. The number of anilines is 1. The first-order valence-electron chi connectivity index (χ1n) is 6.56. The van der Waals surface area contributed by atoms with E-state index in [1.807, 2.05) is 32.0 Å². The lowest BCUT2D eigenvalue weighted by atomic mass is 10.0. The minimum Gasteiger partial charge on any atom is -0.378 e. The molecule has 0 spiro atoms. The Labute approximate surface area is 118 Å². The van der Waals surface area contributed by atoms with E-state index < -0.39 is 0 Å². The van der Waals surface area contributed by atoms with E-state index in [0.717, 1.165) is 11.3 Å². The van der Waals surface area contributed by atoms with Gasteiger partial charge in [0.05, 0.1) is 16.5 Å². The van der Waals surface area contributed by atoms with Gasteiger partial charge in [0.25, 0.3) is 5.69 Å². The molecule has 1 atom stereocenters. The van der Waals surface area contributed by atoms with E-state index in [2.05, 4.69) is 18.3 Å². The number of benzene rings is 2. The maximum atomic E-state index is 11.1. The quantitative estimate of drug-likeness (QED) is 0.662. The van der Waals surface area contributed by atoms with Crippen LogP contribution in [0, 0.1) is 24.0 Å². The molecule has 104 valence electrons. The summed E-state index contributed by atoms with van der Waals surface area (Å²) in [6.07, 6.45) is 0. The average molecular weight is 270 g/mol. The van der Waals surface area contributed by atoms with Crippen LogP contribution in [0.4, 0.5) is 11.4 Å². The minimum atomic E-state index is -0.337. The lowest BCUT2D eigenvalue weighted by Gasteiger charge is -2.18. The first-order chi connectivity index (χ1) is 9.50. The van der Waals surface area contributed by atoms with Gasteiger partial charge in [-0.2, -0.15) is 0 Å². The lowest BCUT2D eigenvalue weighted by molar-refractivity contribution is -0.385. The fraction of sp³-hybridized carbons (Fsp3) is 0.250. The molecule has 0 aromatic heterocycles. The van der Waals surface area contributed by atoms with Crippen LogP contribution < -0.4 is 5.32 Å². The molecule has 1 N–H and O–H groups in total. The van der Waals surface area contributed by atoms with E-state index in [0.29, 0.717) is 5.56 Å². The molecule has 0 bridgehead atoms. The largest absolute Gasteiger partial charge is 0.378 e. The third-order valence-corrected chi connectivity index (χ3v) is 3.58.